The molecule has 0 saturated carbocycles. The highest BCUT2D eigenvalue weighted by Gasteiger charge is 2.05. The molecule has 0 nitrogen and oxygen atoms in total. The van der Waals surface area contributed by atoms with Crippen LogP contribution in [-0.2, 0) is 6.42 Å². The molecule has 2 heteroatoms. The smallest absolute Gasteiger partial charge is 0.205 e. The van der Waals surface area contributed by atoms with Gasteiger partial charge in [-0.3, -0.25) is 0 Å². The summed E-state index contributed by atoms with van der Waals surface area (Å²) < 4.78 is 24.3. The summed E-state index contributed by atoms with van der Waals surface area (Å²) in [6.07, 6.45) is -1.41. The molecular weight excluding hydrogens is 194 g/mol. The predicted molar refractivity (Wildman–Crippen MR) is 61.3 cm³/mol. The monoisotopic (exact) mass is 214 g/mol. The summed E-state index contributed by atoms with van der Waals surface area (Å²) in [6, 6.07) is 6.56. The van der Waals surface area contributed by atoms with Crippen LogP contribution in [0.3, 0.4) is 0 Å². The summed E-state index contributed by atoms with van der Waals surface area (Å²) in [7, 11) is 0. The minimum Gasteiger partial charge on any atom is -0.205 e. The quantitative estimate of drug-likeness (QED) is 0.674. The Morgan fingerprint density at radius 3 is 1.80 bits per heavy atom. The minimum absolute atomic E-state index is 0.104. The predicted octanol–water partition coefficient (Wildman–Crippen LogP) is 4.85. The van der Waals surface area contributed by atoms with E-state index < -0.39 is 6.43 Å². The van der Waals surface area contributed by atoms with Gasteiger partial charge in [-0.1, -0.05) is 52.0 Å². The molecular formula is C13H20F2. The van der Waals surface area contributed by atoms with E-state index in [9.17, 15) is 8.78 Å². The lowest BCUT2D eigenvalue weighted by molar-refractivity contribution is 0.151. The normalized spacial score (nSPS) is 10.1. The van der Waals surface area contributed by atoms with E-state index in [1.165, 1.54) is 12.1 Å². The molecule has 86 valence electrons. The number of benzene rings is 1. The third kappa shape index (κ3) is 5.50. The summed E-state index contributed by atoms with van der Waals surface area (Å²) in [6.45, 7) is 8.22. The Morgan fingerprint density at radius 2 is 1.47 bits per heavy atom. The fourth-order valence-corrected chi connectivity index (χ4v) is 1.27. The van der Waals surface area contributed by atoms with Crippen LogP contribution in [-0.4, -0.2) is 0 Å². The average Bonchev–Trinajstić information content (AvgIpc) is 2.20. The van der Waals surface area contributed by atoms with Crippen LogP contribution in [0.4, 0.5) is 8.78 Å². The first-order chi connectivity index (χ1) is 7.09. The van der Waals surface area contributed by atoms with Gasteiger partial charge in [0, 0.05) is 5.56 Å². The van der Waals surface area contributed by atoms with Gasteiger partial charge in [-0.15, -0.1) is 0 Å². The van der Waals surface area contributed by atoms with Gasteiger partial charge in [0.25, 0.3) is 6.43 Å². The molecule has 0 aliphatic carbocycles. The van der Waals surface area contributed by atoms with Crippen LogP contribution >= 0.6 is 0 Å². The molecule has 0 N–H and O–H groups in total. The highest BCUT2D eigenvalue weighted by atomic mass is 19.3. The molecule has 0 bridgehead atoms. The molecule has 0 heterocycles. The molecule has 0 aromatic heterocycles. The van der Waals surface area contributed by atoms with Gasteiger partial charge in [-0.25, -0.2) is 8.78 Å². The molecule has 0 unspecified atom stereocenters. The Kier molecular flexibility index (Phi) is 6.93. The molecule has 0 spiro atoms. The van der Waals surface area contributed by atoms with Crippen molar-refractivity contribution in [2.75, 3.05) is 0 Å². The van der Waals surface area contributed by atoms with Crippen LogP contribution < -0.4 is 0 Å². The molecule has 1 aromatic carbocycles. The summed E-state index contributed by atoms with van der Waals surface area (Å²) in [5.41, 5.74) is 1.23. The van der Waals surface area contributed by atoms with Gasteiger partial charge in [0.15, 0.2) is 0 Å². The average molecular weight is 214 g/mol. The van der Waals surface area contributed by atoms with Gasteiger partial charge in [-0.2, -0.15) is 0 Å². The van der Waals surface area contributed by atoms with Crippen LogP contribution in [0, 0.1) is 5.92 Å². The van der Waals surface area contributed by atoms with Crippen molar-refractivity contribution >= 4 is 0 Å². The Labute approximate surface area is 91.3 Å². The van der Waals surface area contributed by atoms with Crippen LogP contribution in [0.5, 0.6) is 0 Å². The topological polar surface area (TPSA) is 0 Å². The summed E-state index contributed by atoms with van der Waals surface area (Å²) in [4.78, 5) is 0. The summed E-state index contributed by atoms with van der Waals surface area (Å²) >= 11 is 0. The van der Waals surface area contributed by atoms with Gasteiger partial charge in [0.05, 0.1) is 0 Å². The number of rotatable bonds is 3. The maximum absolute atomic E-state index is 12.2. The molecule has 0 saturated heterocycles. The fraction of sp³-hybridized carbons (Fsp3) is 0.538. The number of hydrogen-bond donors (Lipinski definition) is 0. The van der Waals surface area contributed by atoms with Crippen LogP contribution in [0.15, 0.2) is 24.3 Å². The Balaban J connectivity index is 0.000000921. The number of halogens is 2. The molecule has 0 radical (unpaired) electrons. The molecule has 0 aliphatic heterocycles. The van der Waals surface area contributed by atoms with Gasteiger partial charge in [0.1, 0.15) is 0 Å². The SMILES string of the molecule is CC.CC(C)Cc1ccc(C(F)F)cc1. The van der Waals surface area contributed by atoms with Gasteiger partial charge < -0.3 is 0 Å². The highest BCUT2D eigenvalue weighted by Crippen LogP contribution is 2.19. The van der Waals surface area contributed by atoms with Crippen LogP contribution in [0.25, 0.3) is 0 Å². The largest absolute Gasteiger partial charge is 0.263 e. The zero-order valence-corrected chi connectivity index (χ0v) is 9.93. The van der Waals surface area contributed by atoms with E-state index in [4.69, 9.17) is 0 Å². The molecule has 1 aromatic rings. The third-order valence-electron chi connectivity index (χ3n) is 1.88. The van der Waals surface area contributed by atoms with Crippen molar-refractivity contribution in [2.45, 2.75) is 40.5 Å². The lowest BCUT2D eigenvalue weighted by atomic mass is 10.0. The summed E-state index contributed by atoms with van der Waals surface area (Å²) in [5, 5.41) is 0. The zero-order chi connectivity index (χ0) is 11.8. The van der Waals surface area contributed by atoms with E-state index >= 15 is 0 Å². The zero-order valence-electron chi connectivity index (χ0n) is 9.93. The minimum atomic E-state index is -2.35. The van der Waals surface area contributed by atoms with E-state index in [0.717, 1.165) is 12.0 Å². The lowest BCUT2D eigenvalue weighted by Crippen LogP contribution is -1.94. The summed E-state index contributed by atoms with van der Waals surface area (Å²) in [5.74, 6) is 0.567. The fourth-order valence-electron chi connectivity index (χ4n) is 1.27. The molecule has 0 atom stereocenters. The number of hydrogen-bond acceptors (Lipinski definition) is 0. The Morgan fingerprint density at radius 1 is 1.00 bits per heavy atom. The van der Waals surface area contributed by atoms with Gasteiger partial charge in [-0.05, 0) is 17.9 Å². The van der Waals surface area contributed by atoms with Crippen molar-refractivity contribution in [2.24, 2.45) is 5.92 Å². The van der Waals surface area contributed by atoms with Crippen molar-refractivity contribution in [3.05, 3.63) is 35.4 Å². The van der Waals surface area contributed by atoms with Crippen LogP contribution in [0.1, 0.15) is 45.2 Å². The Bertz CT molecular complexity index is 250. The maximum atomic E-state index is 12.2. The highest BCUT2D eigenvalue weighted by molar-refractivity contribution is 5.23. The lowest BCUT2D eigenvalue weighted by Gasteiger charge is -2.05. The third-order valence-corrected chi connectivity index (χ3v) is 1.88. The molecule has 15 heavy (non-hydrogen) atoms. The van der Waals surface area contributed by atoms with Gasteiger partial charge >= 0.3 is 0 Å². The van der Waals surface area contributed by atoms with Crippen molar-refractivity contribution < 1.29 is 8.78 Å². The molecule has 0 aliphatic rings. The second-order valence-corrected chi connectivity index (χ2v) is 3.64. The molecule has 0 amide bonds. The van der Waals surface area contributed by atoms with Crippen molar-refractivity contribution in [3.63, 3.8) is 0 Å². The van der Waals surface area contributed by atoms with E-state index in [1.807, 2.05) is 13.8 Å². The second kappa shape index (κ2) is 7.38. The molecule has 1 rings (SSSR count). The number of alkyl halides is 2. The first kappa shape index (κ1) is 14.1. The van der Waals surface area contributed by atoms with Crippen LogP contribution in [0.2, 0.25) is 0 Å². The van der Waals surface area contributed by atoms with Crippen molar-refractivity contribution in [3.8, 4) is 0 Å². The van der Waals surface area contributed by atoms with Crippen molar-refractivity contribution in [1.29, 1.82) is 0 Å². The van der Waals surface area contributed by atoms with E-state index in [-0.39, 0.29) is 5.56 Å². The van der Waals surface area contributed by atoms with Gasteiger partial charge in [0.2, 0.25) is 0 Å². The van der Waals surface area contributed by atoms with E-state index in [1.54, 1.807) is 12.1 Å². The Hall–Kier alpha value is -0.920. The molecule has 0 fully saturated rings. The standard InChI is InChI=1S/C11H14F2.C2H6/c1-8(2)7-9-3-5-10(6-4-9)11(12)13;1-2/h3-6,8,11H,7H2,1-2H3;1-2H3. The van der Waals surface area contributed by atoms with E-state index in [2.05, 4.69) is 13.8 Å². The first-order valence-corrected chi connectivity index (χ1v) is 5.46. The first-order valence-electron chi connectivity index (χ1n) is 5.46. The van der Waals surface area contributed by atoms with E-state index in [0.29, 0.717) is 5.92 Å². The van der Waals surface area contributed by atoms with Crippen molar-refractivity contribution in [1.82, 2.24) is 0 Å². The maximum Gasteiger partial charge on any atom is 0.263 e. The second-order valence-electron chi connectivity index (χ2n) is 3.64.